The predicted molar refractivity (Wildman–Crippen MR) is 68.2 cm³/mol. The first-order valence-electron chi connectivity index (χ1n) is 6.01. The van der Waals surface area contributed by atoms with E-state index in [-0.39, 0.29) is 6.61 Å². The summed E-state index contributed by atoms with van der Waals surface area (Å²) in [4.78, 5) is 7.07. The molecule has 1 aromatic rings. The van der Waals surface area contributed by atoms with Gasteiger partial charge in [-0.3, -0.25) is 4.98 Å². The molecule has 0 atom stereocenters. The van der Waals surface area contributed by atoms with Crippen molar-refractivity contribution in [1.29, 1.82) is 0 Å². The Hall–Kier alpha value is -1.62. The quantitative estimate of drug-likeness (QED) is 0.314. The van der Waals surface area contributed by atoms with Gasteiger partial charge in [0, 0.05) is 42.5 Å². The van der Waals surface area contributed by atoms with Crippen molar-refractivity contribution in [2.24, 2.45) is 5.11 Å². The van der Waals surface area contributed by atoms with Crippen LogP contribution in [-0.4, -0.2) is 36.5 Å². The van der Waals surface area contributed by atoms with Gasteiger partial charge in [-0.1, -0.05) is 11.2 Å². The Labute approximate surface area is 106 Å². The topological polar surface area (TPSA) is 91.1 Å². The van der Waals surface area contributed by atoms with Gasteiger partial charge in [-0.2, -0.15) is 0 Å². The summed E-state index contributed by atoms with van der Waals surface area (Å²) >= 11 is 0. The van der Waals surface area contributed by atoms with Crippen molar-refractivity contribution in [1.82, 2.24) is 4.98 Å². The maximum Gasteiger partial charge on any atom is 0.0522 e. The summed E-state index contributed by atoms with van der Waals surface area (Å²) in [5.41, 5.74) is 9.99. The van der Waals surface area contributed by atoms with Gasteiger partial charge in [-0.05, 0) is 30.5 Å². The highest BCUT2D eigenvalue weighted by atomic mass is 16.5. The van der Waals surface area contributed by atoms with Gasteiger partial charge in [0.1, 0.15) is 0 Å². The SMILES string of the molecule is [N-]=[N+]=NCCOCCCc1cccc(CCO)n1. The Kier molecular flexibility index (Phi) is 7.55. The molecule has 1 heterocycles. The van der Waals surface area contributed by atoms with E-state index in [2.05, 4.69) is 15.0 Å². The van der Waals surface area contributed by atoms with Crippen LogP contribution in [0.2, 0.25) is 0 Å². The molecule has 0 bridgehead atoms. The van der Waals surface area contributed by atoms with E-state index in [1.54, 1.807) is 0 Å². The highest BCUT2D eigenvalue weighted by molar-refractivity contribution is 5.11. The molecule has 18 heavy (non-hydrogen) atoms. The van der Waals surface area contributed by atoms with Crippen molar-refractivity contribution in [2.45, 2.75) is 19.3 Å². The normalized spacial score (nSPS) is 10.1. The second-order valence-electron chi connectivity index (χ2n) is 3.76. The maximum absolute atomic E-state index is 8.83. The van der Waals surface area contributed by atoms with E-state index in [0.29, 0.717) is 26.2 Å². The Morgan fingerprint density at radius 1 is 1.28 bits per heavy atom. The molecule has 0 aliphatic heterocycles. The van der Waals surface area contributed by atoms with Crippen molar-refractivity contribution in [2.75, 3.05) is 26.4 Å². The lowest BCUT2D eigenvalue weighted by Crippen LogP contribution is -2.03. The number of nitrogens with zero attached hydrogens (tertiary/aromatic N) is 4. The zero-order valence-corrected chi connectivity index (χ0v) is 10.3. The second kappa shape index (κ2) is 9.41. The summed E-state index contributed by atoms with van der Waals surface area (Å²) in [5.74, 6) is 0. The van der Waals surface area contributed by atoms with Crippen LogP contribution in [0.15, 0.2) is 23.3 Å². The molecular formula is C12H18N4O2. The number of hydrogen-bond acceptors (Lipinski definition) is 4. The molecule has 1 aromatic heterocycles. The van der Waals surface area contributed by atoms with Crippen LogP contribution < -0.4 is 0 Å². The van der Waals surface area contributed by atoms with E-state index < -0.39 is 0 Å². The third kappa shape index (κ3) is 6.20. The molecule has 0 spiro atoms. The van der Waals surface area contributed by atoms with Crippen LogP contribution in [0.5, 0.6) is 0 Å². The first-order chi connectivity index (χ1) is 8.86. The lowest BCUT2D eigenvalue weighted by molar-refractivity contribution is 0.139. The lowest BCUT2D eigenvalue weighted by Gasteiger charge is -2.04. The Morgan fingerprint density at radius 2 is 2.06 bits per heavy atom. The number of pyridine rings is 1. The number of aliphatic hydroxyl groups is 1. The van der Waals surface area contributed by atoms with Crippen molar-refractivity contribution < 1.29 is 9.84 Å². The highest BCUT2D eigenvalue weighted by Crippen LogP contribution is 2.03. The zero-order valence-electron chi connectivity index (χ0n) is 10.3. The van der Waals surface area contributed by atoms with E-state index in [0.717, 1.165) is 24.2 Å². The summed E-state index contributed by atoms with van der Waals surface area (Å²) in [6.07, 6.45) is 2.32. The lowest BCUT2D eigenvalue weighted by atomic mass is 10.2. The monoisotopic (exact) mass is 250 g/mol. The molecular weight excluding hydrogens is 232 g/mol. The fourth-order valence-electron chi connectivity index (χ4n) is 1.53. The summed E-state index contributed by atoms with van der Waals surface area (Å²) in [7, 11) is 0. The molecule has 6 nitrogen and oxygen atoms in total. The summed E-state index contributed by atoms with van der Waals surface area (Å²) in [5, 5.41) is 12.2. The van der Waals surface area contributed by atoms with Gasteiger partial charge >= 0.3 is 0 Å². The average molecular weight is 250 g/mol. The van der Waals surface area contributed by atoms with Gasteiger partial charge in [0.2, 0.25) is 0 Å². The van der Waals surface area contributed by atoms with Crippen LogP contribution in [0.3, 0.4) is 0 Å². The van der Waals surface area contributed by atoms with Crippen molar-refractivity contribution >= 4 is 0 Å². The van der Waals surface area contributed by atoms with Crippen LogP contribution in [0.4, 0.5) is 0 Å². The number of aromatic nitrogens is 1. The molecule has 98 valence electrons. The summed E-state index contributed by atoms with van der Waals surface area (Å²) in [6, 6.07) is 5.84. The van der Waals surface area contributed by atoms with Gasteiger partial charge in [0.05, 0.1) is 6.61 Å². The minimum absolute atomic E-state index is 0.124. The van der Waals surface area contributed by atoms with Crippen molar-refractivity contribution in [3.05, 3.63) is 40.0 Å². The minimum atomic E-state index is 0.124. The van der Waals surface area contributed by atoms with E-state index in [1.807, 2.05) is 18.2 Å². The molecule has 0 unspecified atom stereocenters. The molecule has 1 rings (SSSR count). The first-order valence-corrected chi connectivity index (χ1v) is 6.01. The van der Waals surface area contributed by atoms with Gasteiger partial charge in [-0.25, -0.2) is 0 Å². The van der Waals surface area contributed by atoms with Crippen LogP contribution in [0.25, 0.3) is 10.4 Å². The molecule has 1 N–H and O–H groups in total. The van der Waals surface area contributed by atoms with Crippen molar-refractivity contribution in [3.63, 3.8) is 0 Å². The number of aliphatic hydroxyl groups excluding tert-OH is 1. The smallest absolute Gasteiger partial charge is 0.0522 e. The Morgan fingerprint density at radius 3 is 2.78 bits per heavy atom. The van der Waals surface area contributed by atoms with E-state index in [4.69, 9.17) is 15.4 Å². The maximum atomic E-state index is 8.83. The van der Waals surface area contributed by atoms with E-state index in [9.17, 15) is 0 Å². The number of ether oxygens (including phenoxy) is 1. The zero-order chi connectivity index (χ0) is 13.1. The number of hydrogen-bond donors (Lipinski definition) is 1. The number of rotatable bonds is 9. The largest absolute Gasteiger partial charge is 0.396 e. The highest BCUT2D eigenvalue weighted by Gasteiger charge is 1.98. The average Bonchev–Trinajstić information content (AvgIpc) is 2.39. The number of aryl methyl sites for hydroxylation is 1. The van der Waals surface area contributed by atoms with Gasteiger partial charge in [0.15, 0.2) is 0 Å². The fraction of sp³-hybridized carbons (Fsp3) is 0.583. The minimum Gasteiger partial charge on any atom is -0.396 e. The third-order valence-corrected chi connectivity index (χ3v) is 2.35. The van der Waals surface area contributed by atoms with Crippen LogP contribution >= 0.6 is 0 Å². The molecule has 0 aliphatic carbocycles. The summed E-state index contributed by atoms with van der Waals surface area (Å²) in [6.45, 7) is 1.59. The van der Waals surface area contributed by atoms with E-state index in [1.165, 1.54) is 0 Å². The van der Waals surface area contributed by atoms with Crippen molar-refractivity contribution in [3.8, 4) is 0 Å². The molecule has 0 amide bonds. The fourth-order valence-corrected chi connectivity index (χ4v) is 1.53. The molecule has 0 saturated carbocycles. The van der Waals surface area contributed by atoms with Crippen LogP contribution in [-0.2, 0) is 17.6 Å². The molecule has 0 saturated heterocycles. The van der Waals surface area contributed by atoms with E-state index >= 15 is 0 Å². The Balaban J connectivity index is 2.18. The molecule has 0 aromatic carbocycles. The summed E-state index contributed by atoms with van der Waals surface area (Å²) < 4.78 is 5.30. The third-order valence-electron chi connectivity index (χ3n) is 2.35. The molecule has 6 heteroatoms. The van der Waals surface area contributed by atoms with Gasteiger partial charge in [-0.15, -0.1) is 0 Å². The number of azide groups is 1. The van der Waals surface area contributed by atoms with Crippen LogP contribution in [0, 0.1) is 0 Å². The molecule has 0 aliphatic rings. The second-order valence-corrected chi connectivity index (χ2v) is 3.76. The van der Waals surface area contributed by atoms with Gasteiger partial charge in [0.25, 0.3) is 0 Å². The van der Waals surface area contributed by atoms with Crippen LogP contribution in [0.1, 0.15) is 17.8 Å². The molecule has 0 fully saturated rings. The first kappa shape index (κ1) is 14.4. The molecule has 0 radical (unpaired) electrons. The Bertz CT molecular complexity index is 391. The predicted octanol–water partition coefficient (Wildman–Crippen LogP) is 1.88. The van der Waals surface area contributed by atoms with Gasteiger partial charge < -0.3 is 9.84 Å². The standard InChI is InChI=1S/C12H18N4O2/c13-16-14-7-10-18-9-2-5-11-3-1-4-12(15-11)6-8-17/h1,3-4,17H,2,5-10H2.